The van der Waals surface area contributed by atoms with E-state index in [0.717, 1.165) is 6.42 Å². The number of aromatic hydroxyl groups is 2. The summed E-state index contributed by atoms with van der Waals surface area (Å²) in [7, 11) is 0. The average molecular weight is 263 g/mol. The molecular weight excluding hydrogens is 246 g/mol. The molecule has 0 radical (unpaired) electrons. The lowest BCUT2D eigenvalue weighted by Gasteiger charge is -2.14. The number of hydrogen-bond acceptors (Lipinski definition) is 4. The minimum absolute atomic E-state index is 0.0345. The molecule has 0 aliphatic rings. The lowest BCUT2D eigenvalue weighted by molar-refractivity contribution is 0.396. The van der Waals surface area contributed by atoms with Crippen LogP contribution in [0, 0.1) is 0 Å². The molecule has 0 aliphatic heterocycles. The van der Waals surface area contributed by atoms with Crippen LogP contribution in [0.5, 0.6) is 11.5 Å². The highest BCUT2D eigenvalue weighted by Gasteiger charge is 2.08. The summed E-state index contributed by atoms with van der Waals surface area (Å²) < 4.78 is 0. The second-order valence-corrected chi connectivity index (χ2v) is 5.18. The Hall–Kier alpha value is -1.52. The molecule has 1 unspecified atom stereocenters. The summed E-state index contributed by atoms with van der Waals surface area (Å²) in [6.45, 7) is 2.66. The first-order chi connectivity index (χ1) is 8.66. The first-order valence-corrected chi connectivity index (χ1v) is 6.85. The van der Waals surface area contributed by atoms with Crippen LogP contribution in [0.15, 0.2) is 35.0 Å². The summed E-state index contributed by atoms with van der Waals surface area (Å²) in [5.74, 6) is -0.104. The van der Waals surface area contributed by atoms with Gasteiger partial charge in [-0.3, -0.25) is 0 Å². The summed E-state index contributed by atoms with van der Waals surface area (Å²) in [6.07, 6.45) is 0.961. The molecule has 0 bridgehead atoms. The molecule has 18 heavy (non-hydrogen) atoms. The molecule has 0 amide bonds. The van der Waals surface area contributed by atoms with E-state index >= 15 is 0 Å². The van der Waals surface area contributed by atoms with Crippen molar-refractivity contribution in [2.45, 2.75) is 25.9 Å². The number of para-hydroxylation sites is 1. The number of phenols is 2. The first kappa shape index (κ1) is 12.9. The van der Waals surface area contributed by atoms with Crippen molar-refractivity contribution in [2.24, 2.45) is 0 Å². The van der Waals surface area contributed by atoms with Gasteiger partial charge in [-0.05, 0) is 41.8 Å². The van der Waals surface area contributed by atoms with Gasteiger partial charge in [-0.25, -0.2) is 0 Å². The maximum absolute atomic E-state index is 9.68. The van der Waals surface area contributed by atoms with E-state index in [-0.39, 0.29) is 11.5 Å². The van der Waals surface area contributed by atoms with Gasteiger partial charge in [0.25, 0.3) is 0 Å². The Morgan fingerprint density at radius 2 is 2.11 bits per heavy atom. The summed E-state index contributed by atoms with van der Waals surface area (Å²) in [5, 5.41) is 26.6. The van der Waals surface area contributed by atoms with Crippen LogP contribution < -0.4 is 5.32 Å². The summed E-state index contributed by atoms with van der Waals surface area (Å²) >= 11 is 1.70. The predicted octanol–water partition coefficient (Wildman–Crippen LogP) is 2.88. The Morgan fingerprint density at radius 1 is 1.28 bits per heavy atom. The Balaban J connectivity index is 1.89. The van der Waals surface area contributed by atoms with Crippen molar-refractivity contribution in [3.05, 3.63) is 46.2 Å². The van der Waals surface area contributed by atoms with E-state index in [1.165, 1.54) is 11.6 Å². The van der Waals surface area contributed by atoms with Gasteiger partial charge in [-0.15, -0.1) is 0 Å². The molecule has 3 nitrogen and oxygen atoms in total. The fourth-order valence-electron chi connectivity index (χ4n) is 1.84. The Kier molecular flexibility index (Phi) is 4.23. The van der Waals surface area contributed by atoms with Crippen molar-refractivity contribution < 1.29 is 10.2 Å². The van der Waals surface area contributed by atoms with Crippen molar-refractivity contribution >= 4 is 11.3 Å². The second-order valence-electron chi connectivity index (χ2n) is 4.40. The van der Waals surface area contributed by atoms with Crippen LogP contribution in [-0.2, 0) is 13.0 Å². The number of nitrogens with one attached hydrogen (secondary N) is 1. The molecular formula is C14H17NO2S. The molecule has 0 saturated carbocycles. The minimum Gasteiger partial charge on any atom is -0.504 e. The van der Waals surface area contributed by atoms with Gasteiger partial charge in [0.15, 0.2) is 11.5 Å². The highest BCUT2D eigenvalue weighted by molar-refractivity contribution is 7.07. The van der Waals surface area contributed by atoms with Crippen molar-refractivity contribution in [3.8, 4) is 11.5 Å². The Bertz CT molecular complexity index is 497. The van der Waals surface area contributed by atoms with E-state index < -0.39 is 0 Å². The molecule has 96 valence electrons. The van der Waals surface area contributed by atoms with E-state index in [0.29, 0.717) is 18.2 Å². The average Bonchev–Trinajstić information content (AvgIpc) is 2.84. The van der Waals surface area contributed by atoms with E-state index in [2.05, 4.69) is 29.1 Å². The summed E-state index contributed by atoms with van der Waals surface area (Å²) in [5.41, 5.74) is 2.03. The van der Waals surface area contributed by atoms with Gasteiger partial charge in [0.2, 0.25) is 0 Å². The SMILES string of the molecule is CC(Cc1ccsc1)NCc1cccc(O)c1O. The topological polar surface area (TPSA) is 52.5 Å². The third-order valence-corrected chi connectivity index (χ3v) is 3.59. The van der Waals surface area contributed by atoms with Gasteiger partial charge < -0.3 is 15.5 Å². The fourth-order valence-corrected chi connectivity index (χ4v) is 2.52. The molecule has 0 spiro atoms. The summed E-state index contributed by atoms with van der Waals surface area (Å²) in [4.78, 5) is 0. The maximum atomic E-state index is 9.68. The largest absolute Gasteiger partial charge is 0.504 e. The van der Waals surface area contributed by atoms with Crippen molar-refractivity contribution in [2.75, 3.05) is 0 Å². The lowest BCUT2D eigenvalue weighted by Crippen LogP contribution is -2.27. The molecule has 0 fully saturated rings. The molecule has 2 aromatic rings. The van der Waals surface area contributed by atoms with E-state index in [1.54, 1.807) is 23.5 Å². The van der Waals surface area contributed by atoms with Crippen LogP contribution in [0.1, 0.15) is 18.1 Å². The van der Waals surface area contributed by atoms with Crippen LogP contribution in [-0.4, -0.2) is 16.3 Å². The smallest absolute Gasteiger partial charge is 0.161 e. The van der Waals surface area contributed by atoms with Gasteiger partial charge in [0, 0.05) is 18.2 Å². The van der Waals surface area contributed by atoms with E-state index in [1.807, 2.05) is 0 Å². The Morgan fingerprint density at radius 3 is 2.83 bits per heavy atom. The monoisotopic (exact) mass is 263 g/mol. The molecule has 3 N–H and O–H groups in total. The van der Waals surface area contributed by atoms with Crippen LogP contribution in [0.3, 0.4) is 0 Å². The molecule has 1 atom stereocenters. The minimum atomic E-state index is -0.0696. The molecule has 1 heterocycles. The highest BCUT2D eigenvalue weighted by atomic mass is 32.1. The standard InChI is InChI=1S/C14H17NO2S/c1-10(7-11-5-6-18-9-11)15-8-12-3-2-4-13(16)14(12)17/h2-6,9-10,15-17H,7-8H2,1H3. The summed E-state index contributed by atoms with van der Waals surface area (Å²) in [6, 6.07) is 7.46. The molecule has 2 rings (SSSR count). The van der Waals surface area contributed by atoms with Gasteiger partial charge in [-0.2, -0.15) is 11.3 Å². The van der Waals surface area contributed by atoms with E-state index in [9.17, 15) is 10.2 Å². The zero-order valence-electron chi connectivity index (χ0n) is 10.3. The van der Waals surface area contributed by atoms with Gasteiger partial charge >= 0.3 is 0 Å². The van der Waals surface area contributed by atoms with E-state index in [4.69, 9.17) is 0 Å². The van der Waals surface area contributed by atoms with Crippen LogP contribution in [0.25, 0.3) is 0 Å². The Labute approximate surface area is 111 Å². The number of thiophene rings is 1. The van der Waals surface area contributed by atoms with Gasteiger partial charge in [-0.1, -0.05) is 12.1 Å². The number of rotatable bonds is 5. The van der Waals surface area contributed by atoms with Crippen LogP contribution in [0.4, 0.5) is 0 Å². The fraction of sp³-hybridized carbons (Fsp3) is 0.286. The lowest BCUT2D eigenvalue weighted by atomic mass is 10.1. The van der Waals surface area contributed by atoms with Gasteiger partial charge in [0.05, 0.1) is 0 Å². The zero-order valence-corrected chi connectivity index (χ0v) is 11.1. The first-order valence-electron chi connectivity index (χ1n) is 5.91. The van der Waals surface area contributed by atoms with Crippen LogP contribution in [0.2, 0.25) is 0 Å². The predicted molar refractivity (Wildman–Crippen MR) is 74.1 cm³/mol. The second kappa shape index (κ2) is 5.89. The molecule has 0 saturated heterocycles. The van der Waals surface area contributed by atoms with Crippen LogP contribution >= 0.6 is 11.3 Å². The third kappa shape index (κ3) is 3.24. The number of benzene rings is 1. The maximum Gasteiger partial charge on any atom is 0.161 e. The highest BCUT2D eigenvalue weighted by Crippen LogP contribution is 2.27. The number of hydrogen-bond donors (Lipinski definition) is 3. The number of phenolic OH excluding ortho intramolecular Hbond substituents is 2. The van der Waals surface area contributed by atoms with Crippen molar-refractivity contribution in [1.29, 1.82) is 0 Å². The molecule has 4 heteroatoms. The normalized spacial score (nSPS) is 12.5. The van der Waals surface area contributed by atoms with Crippen molar-refractivity contribution in [3.63, 3.8) is 0 Å². The molecule has 1 aromatic heterocycles. The molecule has 1 aromatic carbocycles. The zero-order chi connectivity index (χ0) is 13.0. The third-order valence-electron chi connectivity index (χ3n) is 2.86. The molecule has 0 aliphatic carbocycles. The van der Waals surface area contributed by atoms with Gasteiger partial charge in [0.1, 0.15) is 0 Å². The van der Waals surface area contributed by atoms with Crippen molar-refractivity contribution in [1.82, 2.24) is 5.32 Å². The quantitative estimate of drug-likeness (QED) is 0.727.